The molecule has 0 saturated carbocycles. The van der Waals surface area contributed by atoms with Crippen LogP contribution < -0.4 is 4.74 Å². The Kier molecular flexibility index (Phi) is 4.05. The topological polar surface area (TPSA) is 27.1 Å². The lowest BCUT2D eigenvalue weighted by atomic mass is 10.1. The number of halogens is 5. The van der Waals surface area contributed by atoms with Gasteiger partial charge in [0.05, 0.1) is 0 Å². The summed E-state index contributed by atoms with van der Waals surface area (Å²) in [6.45, 7) is -3.03. The Hall–Kier alpha value is -1.21. The Morgan fingerprint density at radius 3 is 2.68 bits per heavy atom. The summed E-state index contributed by atoms with van der Waals surface area (Å²) in [5.74, 6) is -0.882. The van der Waals surface area contributed by atoms with Gasteiger partial charge in [0.25, 0.3) is 0 Å². The first-order valence-electron chi connectivity index (χ1n) is 5.03. The van der Waals surface area contributed by atoms with E-state index in [1.54, 1.807) is 6.07 Å². The second-order valence-electron chi connectivity index (χ2n) is 3.59. The third-order valence-corrected chi connectivity index (χ3v) is 3.16. The molecule has 0 amide bonds. The van der Waals surface area contributed by atoms with Crippen LogP contribution in [-0.2, 0) is 7.05 Å². The molecule has 0 saturated heterocycles. The SMILES string of the molecule is Cn1nc(-c2ccc(Br)cc2F)c(Cl)c1OC(F)F. The molecule has 0 aliphatic heterocycles. The zero-order valence-corrected chi connectivity index (χ0v) is 11.8. The first-order chi connectivity index (χ1) is 8.90. The summed E-state index contributed by atoms with van der Waals surface area (Å²) in [4.78, 5) is 0. The van der Waals surface area contributed by atoms with Crippen LogP contribution in [0.25, 0.3) is 11.3 Å². The number of nitrogens with zero attached hydrogens (tertiary/aromatic N) is 2. The van der Waals surface area contributed by atoms with E-state index in [0.29, 0.717) is 4.47 Å². The van der Waals surface area contributed by atoms with E-state index in [-0.39, 0.29) is 22.2 Å². The molecule has 1 heterocycles. The van der Waals surface area contributed by atoms with Gasteiger partial charge >= 0.3 is 6.61 Å². The van der Waals surface area contributed by atoms with Crippen LogP contribution in [0.2, 0.25) is 5.02 Å². The molecule has 3 nitrogen and oxygen atoms in total. The Bertz CT molecular complexity index is 618. The lowest BCUT2D eigenvalue weighted by Gasteiger charge is -2.03. The van der Waals surface area contributed by atoms with Crippen LogP contribution in [0.15, 0.2) is 22.7 Å². The van der Waals surface area contributed by atoms with Gasteiger partial charge in [0.15, 0.2) is 0 Å². The minimum absolute atomic E-state index is 0.0461. The number of benzene rings is 1. The summed E-state index contributed by atoms with van der Waals surface area (Å²) >= 11 is 9.02. The Labute approximate surface area is 120 Å². The van der Waals surface area contributed by atoms with Gasteiger partial charge in [-0.15, -0.1) is 0 Å². The molecular formula is C11H7BrClF3N2O. The molecule has 0 aliphatic carbocycles. The van der Waals surface area contributed by atoms with Crippen LogP contribution in [0.3, 0.4) is 0 Å². The van der Waals surface area contributed by atoms with Crippen LogP contribution in [0.5, 0.6) is 5.88 Å². The summed E-state index contributed by atoms with van der Waals surface area (Å²) in [6, 6.07) is 4.27. The van der Waals surface area contributed by atoms with E-state index >= 15 is 0 Å². The Balaban J connectivity index is 2.51. The van der Waals surface area contributed by atoms with Crippen LogP contribution in [-0.4, -0.2) is 16.4 Å². The molecule has 2 aromatic rings. The molecule has 0 atom stereocenters. The van der Waals surface area contributed by atoms with E-state index in [2.05, 4.69) is 25.8 Å². The highest BCUT2D eigenvalue weighted by Gasteiger charge is 2.22. The second-order valence-corrected chi connectivity index (χ2v) is 4.89. The van der Waals surface area contributed by atoms with Crippen LogP contribution in [0, 0.1) is 5.82 Å². The highest BCUT2D eigenvalue weighted by Crippen LogP contribution is 2.36. The maximum Gasteiger partial charge on any atom is 0.388 e. The number of ether oxygens (including phenoxy) is 1. The van der Waals surface area contributed by atoms with Crippen molar-refractivity contribution < 1.29 is 17.9 Å². The monoisotopic (exact) mass is 354 g/mol. The molecule has 0 bridgehead atoms. The molecule has 0 spiro atoms. The molecular weight excluding hydrogens is 348 g/mol. The summed E-state index contributed by atoms with van der Waals surface area (Å²) in [7, 11) is 1.38. The standard InChI is InChI=1S/C11H7BrClF3N2O/c1-18-10(19-11(15)16)8(13)9(17-18)6-3-2-5(12)4-7(6)14/h2-4,11H,1H3. The van der Waals surface area contributed by atoms with Crippen molar-refractivity contribution in [3.8, 4) is 17.1 Å². The molecule has 0 N–H and O–H groups in total. The van der Waals surface area contributed by atoms with Crippen molar-refractivity contribution in [1.29, 1.82) is 0 Å². The predicted octanol–water partition coefficient (Wildman–Crippen LogP) is 4.24. The maximum atomic E-state index is 13.8. The van der Waals surface area contributed by atoms with Crippen molar-refractivity contribution in [1.82, 2.24) is 9.78 Å². The van der Waals surface area contributed by atoms with Crippen LogP contribution >= 0.6 is 27.5 Å². The number of aryl methyl sites for hydroxylation is 1. The average Bonchev–Trinajstić information content (AvgIpc) is 2.57. The van der Waals surface area contributed by atoms with E-state index < -0.39 is 12.4 Å². The van der Waals surface area contributed by atoms with Crippen molar-refractivity contribution >= 4 is 27.5 Å². The summed E-state index contributed by atoms with van der Waals surface area (Å²) in [6.07, 6.45) is 0. The lowest BCUT2D eigenvalue weighted by Crippen LogP contribution is -2.06. The molecule has 0 aliphatic rings. The third kappa shape index (κ3) is 2.87. The van der Waals surface area contributed by atoms with Crippen molar-refractivity contribution in [2.75, 3.05) is 0 Å². The third-order valence-electron chi connectivity index (χ3n) is 2.33. The molecule has 1 aromatic carbocycles. The highest BCUT2D eigenvalue weighted by molar-refractivity contribution is 9.10. The number of rotatable bonds is 3. The summed E-state index contributed by atoms with van der Waals surface area (Å²) < 4.78 is 44.1. The zero-order valence-electron chi connectivity index (χ0n) is 9.50. The van der Waals surface area contributed by atoms with Gasteiger partial charge in [-0.1, -0.05) is 27.5 Å². The number of alkyl halides is 2. The van der Waals surface area contributed by atoms with Crippen molar-refractivity contribution in [3.63, 3.8) is 0 Å². The van der Waals surface area contributed by atoms with Crippen LogP contribution in [0.4, 0.5) is 13.2 Å². The van der Waals surface area contributed by atoms with Gasteiger partial charge in [-0.3, -0.25) is 0 Å². The maximum absolute atomic E-state index is 13.8. The molecule has 1 aromatic heterocycles. The van der Waals surface area contributed by atoms with Gasteiger partial charge < -0.3 is 4.74 Å². The van der Waals surface area contributed by atoms with E-state index in [9.17, 15) is 13.2 Å². The number of hydrogen-bond acceptors (Lipinski definition) is 2. The largest absolute Gasteiger partial charge is 0.416 e. The average molecular weight is 356 g/mol. The highest BCUT2D eigenvalue weighted by atomic mass is 79.9. The van der Waals surface area contributed by atoms with E-state index in [0.717, 1.165) is 4.68 Å². The van der Waals surface area contributed by atoms with E-state index in [1.165, 1.54) is 19.2 Å². The second kappa shape index (κ2) is 5.42. The van der Waals surface area contributed by atoms with Gasteiger partial charge in [0, 0.05) is 17.1 Å². The molecule has 0 fully saturated rings. The zero-order chi connectivity index (χ0) is 14.2. The van der Waals surface area contributed by atoms with Gasteiger partial charge in [-0.25, -0.2) is 9.07 Å². The lowest BCUT2D eigenvalue weighted by molar-refractivity contribution is -0.0552. The molecule has 8 heteroatoms. The van der Waals surface area contributed by atoms with Crippen LogP contribution in [0.1, 0.15) is 0 Å². The first-order valence-corrected chi connectivity index (χ1v) is 6.20. The Morgan fingerprint density at radius 2 is 2.11 bits per heavy atom. The van der Waals surface area contributed by atoms with Gasteiger partial charge in [0.2, 0.25) is 5.88 Å². The minimum Gasteiger partial charge on any atom is -0.416 e. The fourth-order valence-corrected chi connectivity index (χ4v) is 2.19. The fraction of sp³-hybridized carbons (Fsp3) is 0.182. The predicted molar refractivity (Wildman–Crippen MR) is 67.9 cm³/mol. The molecule has 19 heavy (non-hydrogen) atoms. The minimum atomic E-state index is -3.03. The molecule has 102 valence electrons. The summed E-state index contributed by atoms with van der Waals surface area (Å²) in [5.41, 5.74) is 0.151. The Morgan fingerprint density at radius 1 is 1.42 bits per heavy atom. The van der Waals surface area contributed by atoms with Gasteiger partial charge in [-0.05, 0) is 18.2 Å². The molecule has 0 unspecified atom stereocenters. The fourth-order valence-electron chi connectivity index (χ4n) is 1.55. The van der Waals surface area contributed by atoms with E-state index in [4.69, 9.17) is 11.6 Å². The smallest absolute Gasteiger partial charge is 0.388 e. The first kappa shape index (κ1) is 14.2. The van der Waals surface area contributed by atoms with E-state index in [1.807, 2.05) is 0 Å². The molecule has 0 radical (unpaired) electrons. The van der Waals surface area contributed by atoms with Gasteiger partial charge in [-0.2, -0.15) is 13.9 Å². The summed E-state index contributed by atoms with van der Waals surface area (Å²) in [5, 5.41) is 3.73. The molecule has 2 rings (SSSR count). The number of aromatic nitrogens is 2. The number of hydrogen-bond donors (Lipinski definition) is 0. The quantitative estimate of drug-likeness (QED) is 0.823. The van der Waals surface area contributed by atoms with Crippen molar-refractivity contribution in [2.24, 2.45) is 7.05 Å². The normalized spacial score (nSPS) is 11.1. The van der Waals surface area contributed by atoms with Crippen molar-refractivity contribution in [3.05, 3.63) is 33.5 Å². The van der Waals surface area contributed by atoms with Crippen molar-refractivity contribution in [2.45, 2.75) is 6.61 Å². The van der Waals surface area contributed by atoms with Gasteiger partial charge in [0.1, 0.15) is 16.5 Å².